The SMILES string of the molecule is CCOC(=O)C=CC=C(c1ccc(C(F)(F)F)cc1)c1cccc(O)c1. The van der Waals surface area contributed by atoms with Gasteiger partial charge in [0.05, 0.1) is 12.2 Å². The van der Waals surface area contributed by atoms with Crippen LogP contribution in [0.5, 0.6) is 5.75 Å². The number of phenols is 1. The van der Waals surface area contributed by atoms with Crippen LogP contribution < -0.4 is 0 Å². The van der Waals surface area contributed by atoms with Crippen molar-refractivity contribution in [1.82, 2.24) is 0 Å². The third-order valence-electron chi connectivity index (χ3n) is 3.46. The summed E-state index contributed by atoms with van der Waals surface area (Å²) in [6, 6.07) is 11.0. The minimum atomic E-state index is -4.42. The predicted molar refractivity (Wildman–Crippen MR) is 92.4 cm³/mol. The van der Waals surface area contributed by atoms with Crippen molar-refractivity contribution in [2.45, 2.75) is 13.1 Å². The van der Waals surface area contributed by atoms with E-state index in [0.717, 1.165) is 12.1 Å². The van der Waals surface area contributed by atoms with E-state index in [0.29, 0.717) is 16.7 Å². The van der Waals surface area contributed by atoms with Crippen molar-refractivity contribution >= 4 is 11.5 Å². The Kier molecular flexibility index (Phi) is 6.22. The highest BCUT2D eigenvalue weighted by atomic mass is 19.4. The van der Waals surface area contributed by atoms with Crippen LogP contribution in [0.2, 0.25) is 0 Å². The molecule has 0 unspecified atom stereocenters. The van der Waals surface area contributed by atoms with Gasteiger partial charge in [0.15, 0.2) is 0 Å². The first-order chi connectivity index (χ1) is 12.3. The second kappa shape index (κ2) is 8.38. The summed E-state index contributed by atoms with van der Waals surface area (Å²) in [4.78, 5) is 11.4. The molecular formula is C20H17F3O3. The molecule has 136 valence electrons. The fourth-order valence-electron chi connectivity index (χ4n) is 2.28. The minimum Gasteiger partial charge on any atom is -0.508 e. The van der Waals surface area contributed by atoms with Crippen LogP contribution in [0.15, 0.2) is 66.8 Å². The van der Waals surface area contributed by atoms with Crippen LogP contribution in [-0.4, -0.2) is 17.7 Å². The van der Waals surface area contributed by atoms with Gasteiger partial charge < -0.3 is 9.84 Å². The van der Waals surface area contributed by atoms with Crippen molar-refractivity contribution in [3.8, 4) is 5.75 Å². The molecule has 0 radical (unpaired) electrons. The molecule has 2 aromatic carbocycles. The van der Waals surface area contributed by atoms with Crippen molar-refractivity contribution in [2.75, 3.05) is 6.61 Å². The molecule has 0 amide bonds. The molecule has 2 rings (SSSR count). The fourth-order valence-corrected chi connectivity index (χ4v) is 2.28. The van der Waals surface area contributed by atoms with Gasteiger partial charge in [-0.2, -0.15) is 13.2 Å². The van der Waals surface area contributed by atoms with Gasteiger partial charge in [-0.1, -0.05) is 36.4 Å². The zero-order chi connectivity index (χ0) is 19.2. The van der Waals surface area contributed by atoms with Crippen LogP contribution in [0.3, 0.4) is 0 Å². The Balaban J connectivity index is 2.42. The number of phenolic OH excluding ortho intramolecular Hbond substituents is 1. The van der Waals surface area contributed by atoms with E-state index in [2.05, 4.69) is 0 Å². The van der Waals surface area contributed by atoms with E-state index in [4.69, 9.17) is 4.74 Å². The van der Waals surface area contributed by atoms with Gasteiger partial charge in [-0.25, -0.2) is 4.79 Å². The molecule has 0 atom stereocenters. The third kappa shape index (κ3) is 5.24. The fraction of sp³-hybridized carbons (Fsp3) is 0.150. The molecule has 1 N–H and O–H groups in total. The number of alkyl halides is 3. The molecule has 0 fully saturated rings. The van der Waals surface area contributed by atoms with Crippen molar-refractivity contribution in [3.63, 3.8) is 0 Å². The maximum atomic E-state index is 12.8. The van der Waals surface area contributed by atoms with E-state index >= 15 is 0 Å². The zero-order valence-electron chi connectivity index (χ0n) is 14.0. The molecule has 26 heavy (non-hydrogen) atoms. The van der Waals surface area contributed by atoms with E-state index in [-0.39, 0.29) is 12.4 Å². The number of aromatic hydroxyl groups is 1. The minimum absolute atomic E-state index is 0.0229. The Bertz CT molecular complexity index is 819. The first-order valence-electron chi connectivity index (χ1n) is 7.83. The van der Waals surface area contributed by atoms with Crippen LogP contribution in [0.25, 0.3) is 5.57 Å². The van der Waals surface area contributed by atoms with Gasteiger partial charge in [0.25, 0.3) is 0 Å². The monoisotopic (exact) mass is 362 g/mol. The van der Waals surface area contributed by atoms with Crippen LogP contribution in [-0.2, 0) is 15.7 Å². The number of rotatable bonds is 5. The maximum absolute atomic E-state index is 12.8. The Labute approximate surface area is 149 Å². The number of esters is 1. The number of ether oxygens (including phenoxy) is 1. The van der Waals surface area contributed by atoms with E-state index < -0.39 is 17.7 Å². The summed E-state index contributed by atoms with van der Waals surface area (Å²) >= 11 is 0. The van der Waals surface area contributed by atoms with Gasteiger partial charge >= 0.3 is 12.1 Å². The largest absolute Gasteiger partial charge is 0.508 e. The highest BCUT2D eigenvalue weighted by Crippen LogP contribution is 2.32. The number of allylic oxidation sites excluding steroid dienone is 2. The third-order valence-corrected chi connectivity index (χ3v) is 3.46. The van der Waals surface area contributed by atoms with Gasteiger partial charge in [0, 0.05) is 6.08 Å². The van der Waals surface area contributed by atoms with Crippen molar-refractivity contribution in [2.24, 2.45) is 0 Å². The molecule has 3 nitrogen and oxygen atoms in total. The lowest BCUT2D eigenvalue weighted by molar-refractivity contribution is -0.138. The zero-order valence-corrected chi connectivity index (χ0v) is 14.0. The summed E-state index contributed by atoms with van der Waals surface area (Å²) in [6.45, 7) is 1.92. The van der Waals surface area contributed by atoms with Crippen LogP contribution in [0.1, 0.15) is 23.6 Å². The number of carbonyl (C=O) groups is 1. The van der Waals surface area contributed by atoms with E-state index in [1.165, 1.54) is 36.4 Å². The molecule has 2 aromatic rings. The lowest BCUT2D eigenvalue weighted by atomic mass is 9.96. The van der Waals surface area contributed by atoms with E-state index in [1.807, 2.05) is 0 Å². The van der Waals surface area contributed by atoms with E-state index in [9.17, 15) is 23.1 Å². The van der Waals surface area contributed by atoms with Crippen molar-refractivity contribution in [1.29, 1.82) is 0 Å². The molecule has 0 aliphatic heterocycles. The molecule has 0 heterocycles. The van der Waals surface area contributed by atoms with Crippen molar-refractivity contribution in [3.05, 3.63) is 83.4 Å². The quantitative estimate of drug-likeness (QED) is 0.464. The number of benzene rings is 2. The molecule has 0 bridgehead atoms. The molecule has 0 spiro atoms. The molecule has 0 aliphatic carbocycles. The number of hydrogen-bond acceptors (Lipinski definition) is 3. The summed E-state index contributed by atoms with van der Waals surface area (Å²) in [5.41, 5.74) is 0.907. The second-order valence-electron chi connectivity index (χ2n) is 5.32. The molecule has 6 heteroatoms. The smallest absolute Gasteiger partial charge is 0.416 e. The normalized spacial score (nSPS) is 12.4. The Hall–Kier alpha value is -3.02. The first-order valence-corrected chi connectivity index (χ1v) is 7.83. The average molecular weight is 362 g/mol. The summed E-state index contributed by atoms with van der Waals surface area (Å²) in [6.07, 6.45) is -0.170. The Morgan fingerprint density at radius 1 is 1.12 bits per heavy atom. The Morgan fingerprint density at radius 2 is 1.81 bits per heavy atom. The molecule has 0 aliphatic rings. The second-order valence-corrected chi connectivity index (χ2v) is 5.32. The van der Waals surface area contributed by atoms with Gasteiger partial charge in [0.1, 0.15) is 5.75 Å². The molecule has 0 saturated heterocycles. The maximum Gasteiger partial charge on any atom is 0.416 e. The number of halogens is 3. The van der Waals surface area contributed by atoms with E-state index in [1.54, 1.807) is 25.1 Å². The highest BCUT2D eigenvalue weighted by molar-refractivity contribution is 5.85. The standard InChI is InChI=1S/C20H17F3O3/c1-2-26-19(25)8-4-7-18(15-5-3-6-17(24)13-15)14-9-11-16(12-10-14)20(21,22)23/h3-13,24H,2H2,1H3. The lowest BCUT2D eigenvalue weighted by Gasteiger charge is -2.11. The van der Waals surface area contributed by atoms with Gasteiger partial charge in [-0.05, 0) is 47.9 Å². The first kappa shape index (κ1) is 19.3. The average Bonchev–Trinajstić information content (AvgIpc) is 2.58. The van der Waals surface area contributed by atoms with Gasteiger partial charge in [0.2, 0.25) is 0 Å². The highest BCUT2D eigenvalue weighted by Gasteiger charge is 2.30. The lowest BCUT2D eigenvalue weighted by Crippen LogP contribution is -2.04. The topological polar surface area (TPSA) is 46.5 Å². The van der Waals surface area contributed by atoms with Gasteiger partial charge in [-0.3, -0.25) is 0 Å². The Morgan fingerprint density at radius 3 is 2.38 bits per heavy atom. The summed E-state index contributed by atoms with van der Waals surface area (Å²) < 4.78 is 43.0. The van der Waals surface area contributed by atoms with Crippen LogP contribution >= 0.6 is 0 Å². The van der Waals surface area contributed by atoms with Crippen LogP contribution in [0, 0.1) is 0 Å². The summed E-state index contributed by atoms with van der Waals surface area (Å²) in [5, 5.41) is 9.68. The van der Waals surface area contributed by atoms with Crippen LogP contribution in [0.4, 0.5) is 13.2 Å². The number of carbonyl (C=O) groups excluding carboxylic acids is 1. The van der Waals surface area contributed by atoms with Gasteiger partial charge in [-0.15, -0.1) is 0 Å². The summed E-state index contributed by atoms with van der Waals surface area (Å²) in [5.74, 6) is -0.499. The predicted octanol–water partition coefficient (Wildman–Crippen LogP) is 4.96. The molecule has 0 saturated carbocycles. The molecule has 0 aromatic heterocycles. The summed E-state index contributed by atoms with van der Waals surface area (Å²) in [7, 11) is 0. The molecular weight excluding hydrogens is 345 g/mol. The van der Waals surface area contributed by atoms with Crippen molar-refractivity contribution < 1.29 is 27.8 Å². The number of hydrogen-bond donors (Lipinski definition) is 1.